The lowest BCUT2D eigenvalue weighted by atomic mass is 10.0. The van der Waals surface area contributed by atoms with E-state index in [2.05, 4.69) is 39.0 Å². The minimum Gasteiger partial charge on any atom is -0.462 e. The third-order valence-corrected chi connectivity index (χ3v) is 12.0. The minimum atomic E-state index is -0.795. The van der Waals surface area contributed by atoms with Crippen molar-refractivity contribution < 1.29 is 28.6 Å². The highest BCUT2D eigenvalue weighted by molar-refractivity contribution is 5.71. The van der Waals surface area contributed by atoms with Crippen LogP contribution in [-0.4, -0.2) is 37.2 Å². The van der Waals surface area contributed by atoms with E-state index < -0.39 is 6.10 Å². The molecule has 1 unspecified atom stereocenters. The average molecular weight is 859 g/mol. The van der Waals surface area contributed by atoms with Crippen LogP contribution in [0.15, 0.2) is 24.3 Å². The van der Waals surface area contributed by atoms with Crippen molar-refractivity contribution in [1.82, 2.24) is 0 Å². The number of ether oxygens (including phenoxy) is 3. The second-order valence-corrected chi connectivity index (χ2v) is 18.2. The summed E-state index contributed by atoms with van der Waals surface area (Å²) in [5.74, 6) is -0.941. The molecular weight excluding hydrogens is 757 g/mol. The number of rotatable bonds is 49. The summed E-state index contributed by atoms with van der Waals surface area (Å²) in [6.07, 6.45) is 57.5. The third-order valence-electron chi connectivity index (χ3n) is 12.0. The molecule has 0 rings (SSSR count). The maximum absolute atomic E-state index is 12.7. The summed E-state index contributed by atoms with van der Waals surface area (Å²) in [6, 6.07) is 0. The van der Waals surface area contributed by atoms with Crippen LogP contribution < -0.4 is 0 Å². The van der Waals surface area contributed by atoms with Gasteiger partial charge in [-0.2, -0.15) is 0 Å². The van der Waals surface area contributed by atoms with Crippen molar-refractivity contribution in [3.05, 3.63) is 24.3 Å². The van der Waals surface area contributed by atoms with E-state index in [0.717, 1.165) is 51.4 Å². The van der Waals surface area contributed by atoms with Crippen molar-refractivity contribution in [2.45, 2.75) is 297 Å². The zero-order valence-corrected chi connectivity index (χ0v) is 40.9. The van der Waals surface area contributed by atoms with E-state index in [1.165, 1.54) is 193 Å². The van der Waals surface area contributed by atoms with Crippen molar-refractivity contribution >= 4 is 17.9 Å². The van der Waals surface area contributed by atoms with Gasteiger partial charge < -0.3 is 14.2 Å². The van der Waals surface area contributed by atoms with Crippen LogP contribution in [0.25, 0.3) is 0 Å². The second kappa shape index (κ2) is 50.5. The molecule has 6 nitrogen and oxygen atoms in total. The molecule has 0 saturated heterocycles. The van der Waals surface area contributed by atoms with Crippen LogP contribution in [0.2, 0.25) is 0 Å². The summed E-state index contributed by atoms with van der Waals surface area (Å²) in [5.41, 5.74) is 0. The quantitative estimate of drug-likeness (QED) is 0.0262. The zero-order valence-electron chi connectivity index (χ0n) is 40.9. The molecule has 0 N–H and O–H groups in total. The number of hydrogen-bond acceptors (Lipinski definition) is 6. The summed E-state index contributed by atoms with van der Waals surface area (Å²) >= 11 is 0. The highest BCUT2D eigenvalue weighted by atomic mass is 16.6. The SMILES string of the molecule is CCCCCCCC/C=C\C/C=C\CCC(=O)OC(COC(=O)CCCCCCCCCCCCCC)COC(=O)CCCCCCCCCCCCCCCCCCCC. The normalized spacial score (nSPS) is 12.1. The van der Waals surface area contributed by atoms with E-state index in [4.69, 9.17) is 14.2 Å². The number of hydrogen-bond donors (Lipinski definition) is 0. The summed E-state index contributed by atoms with van der Waals surface area (Å²) in [5, 5.41) is 0. The van der Waals surface area contributed by atoms with Crippen LogP contribution >= 0.6 is 0 Å². The largest absolute Gasteiger partial charge is 0.462 e. The first-order valence-corrected chi connectivity index (χ1v) is 26.8. The van der Waals surface area contributed by atoms with Gasteiger partial charge in [-0.3, -0.25) is 14.4 Å². The van der Waals surface area contributed by atoms with E-state index in [-0.39, 0.29) is 37.5 Å². The summed E-state index contributed by atoms with van der Waals surface area (Å²) < 4.78 is 16.7. The molecule has 0 heterocycles. The first-order chi connectivity index (χ1) is 30.0. The van der Waals surface area contributed by atoms with Crippen LogP contribution in [0.1, 0.15) is 290 Å². The molecule has 0 fully saturated rings. The van der Waals surface area contributed by atoms with Gasteiger partial charge in [0.2, 0.25) is 0 Å². The molecule has 0 aliphatic carbocycles. The van der Waals surface area contributed by atoms with Crippen LogP contribution in [0.5, 0.6) is 0 Å². The second-order valence-electron chi connectivity index (χ2n) is 18.2. The summed E-state index contributed by atoms with van der Waals surface area (Å²) in [6.45, 7) is 6.61. The third kappa shape index (κ3) is 48.8. The summed E-state index contributed by atoms with van der Waals surface area (Å²) in [7, 11) is 0. The molecule has 0 spiro atoms. The molecule has 0 bridgehead atoms. The van der Waals surface area contributed by atoms with E-state index in [1.807, 2.05) is 6.08 Å². The molecule has 0 radical (unpaired) electrons. The molecule has 0 aliphatic rings. The molecule has 0 aromatic carbocycles. The van der Waals surface area contributed by atoms with Crippen molar-refractivity contribution in [2.24, 2.45) is 0 Å². The fraction of sp³-hybridized carbons (Fsp3) is 0.873. The van der Waals surface area contributed by atoms with Gasteiger partial charge in [-0.1, -0.05) is 257 Å². The molecule has 0 saturated carbocycles. The van der Waals surface area contributed by atoms with Crippen molar-refractivity contribution in [2.75, 3.05) is 13.2 Å². The first-order valence-electron chi connectivity index (χ1n) is 26.8. The maximum Gasteiger partial charge on any atom is 0.306 e. The maximum atomic E-state index is 12.7. The van der Waals surface area contributed by atoms with Crippen LogP contribution in [0.3, 0.4) is 0 Å². The molecule has 358 valence electrons. The van der Waals surface area contributed by atoms with Crippen molar-refractivity contribution in [3.8, 4) is 0 Å². The minimum absolute atomic E-state index is 0.0885. The molecule has 61 heavy (non-hydrogen) atoms. The predicted octanol–water partition coefficient (Wildman–Crippen LogP) is 17.5. The van der Waals surface area contributed by atoms with Crippen LogP contribution in [0.4, 0.5) is 0 Å². The molecular formula is C55H102O6. The van der Waals surface area contributed by atoms with Crippen molar-refractivity contribution in [1.29, 1.82) is 0 Å². The lowest BCUT2D eigenvalue weighted by molar-refractivity contribution is -0.166. The fourth-order valence-electron chi connectivity index (χ4n) is 7.91. The van der Waals surface area contributed by atoms with Gasteiger partial charge in [0, 0.05) is 19.3 Å². The van der Waals surface area contributed by atoms with E-state index in [0.29, 0.717) is 19.3 Å². The predicted molar refractivity (Wildman–Crippen MR) is 261 cm³/mol. The molecule has 1 atom stereocenters. The van der Waals surface area contributed by atoms with Crippen LogP contribution in [-0.2, 0) is 28.6 Å². The van der Waals surface area contributed by atoms with E-state index in [9.17, 15) is 14.4 Å². The van der Waals surface area contributed by atoms with E-state index in [1.54, 1.807) is 0 Å². The standard InChI is InChI=1S/C55H102O6/c1-4-7-10-13-16-19-22-25-26-27-28-29-31-33-36-39-42-45-48-54(57)60-51-52(50-59-53(56)47-44-41-38-35-32-24-21-18-15-12-9-6-3)61-55(58)49-46-43-40-37-34-30-23-20-17-14-11-8-5-2/h30,34,40,43,52H,4-29,31-33,35-39,41-42,44-51H2,1-3H3/b34-30-,43-40-. The Bertz CT molecular complexity index is 989. The highest BCUT2D eigenvalue weighted by Crippen LogP contribution is 2.16. The van der Waals surface area contributed by atoms with Crippen molar-refractivity contribution in [3.63, 3.8) is 0 Å². The Kier molecular flexibility index (Phi) is 48.8. The molecule has 6 heteroatoms. The number of carbonyl (C=O) groups excluding carboxylic acids is 3. The first kappa shape index (κ1) is 58.9. The smallest absolute Gasteiger partial charge is 0.306 e. The Labute approximate surface area is 379 Å². The van der Waals surface area contributed by atoms with Crippen LogP contribution in [0, 0.1) is 0 Å². The number of carbonyl (C=O) groups is 3. The number of allylic oxidation sites excluding steroid dienone is 4. The van der Waals surface area contributed by atoms with Gasteiger partial charge in [-0.05, 0) is 38.5 Å². The fourth-order valence-corrected chi connectivity index (χ4v) is 7.91. The Hall–Kier alpha value is -2.11. The Morgan fingerprint density at radius 2 is 0.623 bits per heavy atom. The molecule has 0 aliphatic heterocycles. The molecule has 0 aromatic heterocycles. The zero-order chi connectivity index (χ0) is 44.4. The van der Waals surface area contributed by atoms with Gasteiger partial charge in [0.15, 0.2) is 6.10 Å². The Morgan fingerprint density at radius 3 is 0.967 bits per heavy atom. The number of esters is 3. The average Bonchev–Trinajstić information content (AvgIpc) is 3.26. The number of unbranched alkanes of at least 4 members (excludes halogenated alkanes) is 34. The molecule has 0 amide bonds. The van der Waals surface area contributed by atoms with Gasteiger partial charge in [-0.15, -0.1) is 0 Å². The van der Waals surface area contributed by atoms with Gasteiger partial charge >= 0.3 is 17.9 Å². The summed E-state index contributed by atoms with van der Waals surface area (Å²) in [4.78, 5) is 37.9. The monoisotopic (exact) mass is 859 g/mol. The van der Waals surface area contributed by atoms with E-state index >= 15 is 0 Å². The van der Waals surface area contributed by atoms with Gasteiger partial charge in [0.1, 0.15) is 13.2 Å². The molecule has 0 aromatic rings. The topological polar surface area (TPSA) is 78.9 Å². The lowest BCUT2D eigenvalue weighted by Crippen LogP contribution is -2.30. The van der Waals surface area contributed by atoms with Gasteiger partial charge in [0.25, 0.3) is 0 Å². The van der Waals surface area contributed by atoms with Gasteiger partial charge in [0.05, 0.1) is 0 Å². The van der Waals surface area contributed by atoms with Gasteiger partial charge in [-0.25, -0.2) is 0 Å². The Balaban J connectivity index is 4.34. The highest BCUT2D eigenvalue weighted by Gasteiger charge is 2.19. The lowest BCUT2D eigenvalue weighted by Gasteiger charge is -2.18. The Morgan fingerprint density at radius 1 is 0.328 bits per heavy atom.